The molecule has 0 spiro atoms. The van der Waals surface area contributed by atoms with Crippen LogP contribution in [0.1, 0.15) is 24.3 Å². The van der Waals surface area contributed by atoms with Gasteiger partial charge >= 0.3 is 0 Å². The summed E-state index contributed by atoms with van der Waals surface area (Å²) in [6.45, 7) is 3.61. The molecule has 10 heteroatoms. The Morgan fingerprint density at radius 1 is 1.28 bits per heavy atom. The summed E-state index contributed by atoms with van der Waals surface area (Å²) in [7, 11) is 0. The van der Waals surface area contributed by atoms with E-state index in [1.807, 2.05) is 24.3 Å². The van der Waals surface area contributed by atoms with Crippen molar-refractivity contribution in [3.8, 4) is 11.4 Å². The highest BCUT2D eigenvalue weighted by Crippen LogP contribution is 2.27. The first kappa shape index (κ1) is 22.1. The summed E-state index contributed by atoms with van der Waals surface area (Å²) in [6, 6.07) is 12.4. The molecule has 1 saturated heterocycles. The van der Waals surface area contributed by atoms with Crippen molar-refractivity contribution in [2.24, 2.45) is 5.92 Å². The quantitative estimate of drug-likeness (QED) is 0.390. The monoisotopic (exact) mass is 499 g/mol. The van der Waals surface area contributed by atoms with Crippen LogP contribution in [0.4, 0.5) is 11.4 Å². The topological polar surface area (TPSA) is 114 Å². The third-order valence-corrected chi connectivity index (χ3v) is 6.12. The number of hydrogen-bond acceptors (Lipinski definition) is 7. The highest BCUT2D eigenvalue weighted by Gasteiger charge is 2.27. The van der Waals surface area contributed by atoms with Crippen molar-refractivity contribution < 1.29 is 14.2 Å². The molecule has 1 aliphatic rings. The SMILES string of the molecule is Cc1c(NC(=O)C2CCN(Cc3nc(-c4cccc(Br)c4)no3)CC2)cccc1[N+](=O)[O-]. The van der Waals surface area contributed by atoms with Crippen LogP contribution in [0.5, 0.6) is 0 Å². The molecule has 1 amide bonds. The van der Waals surface area contributed by atoms with Crippen molar-refractivity contribution in [1.29, 1.82) is 0 Å². The lowest BCUT2D eigenvalue weighted by atomic mass is 9.95. The number of rotatable bonds is 6. The van der Waals surface area contributed by atoms with Gasteiger partial charge in [-0.05, 0) is 51.1 Å². The molecule has 0 aliphatic carbocycles. The molecule has 0 atom stereocenters. The molecule has 0 saturated carbocycles. The second-order valence-electron chi connectivity index (χ2n) is 7.77. The molecule has 1 aromatic heterocycles. The van der Waals surface area contributed by atoms with Gasteiger partial charge in [-0.2, -0.15) is 4.98 Å². The Hall–Kier alpha value is -3.11. The number of carbonyl (C=O) groups excluding carboxylic acids is 1. The van der Waals surface area contributed by atoms with Crippen molar-refractivity contribution in [2.45, 2.75) is 26.3 Å². The Bertz CT molecular complexity index is 1140. The minimum Gasteiger partial charge on any atom is -0.338 e. The van der Waals surface area contributed by atoms with E-state index in [1.165, 1.54) is 6.07 Å². The summed E-state index contributed by atoms with van der Waals surface area (Å²) >= 11 is 3.44. The Labute approximate surface area is 193 Å². The van der Waals surface area contributed by atoms with Crippen LogP contribution >= 0.6 is 15.9 Å². The number of nitrogens with zero attached hydrogens (tertiary/aromatic N) is 4. The first-order chi connectivity index (χ1) is 15.4. The number of nitro groups is 1. The van der Waals surface area contributed by atoms with Gasteiger partial charge in [0.05, 0.1) is 22.7 Å². The van der Waals surface area contributed by atoms with Gasteiger partial charge in [0, 0.05) is 22.0 Å². The van der Waals surface area contributed by atoms with Gasteiger partial charge in [0.25, 0.3) is 5.69 Å². The molecule has 0 unspecified atom stereocenters. The number of anilines is 1. The van der Waals surface area contributed by atoms with Gasteiger partial charge in [-0.3, -0.25) is 19.8 Å². The maximum Gasteiger partial charge on any atom is 0.274 e. The van der Waals surface area contributed by atoms with Gasteiger partial charge in [0.15, 0.2) is 0 Å². The van der Waals surface area contributed by atoms with Crippen LogP contribution in [0.3, 0.4) is 0 Å². The summed E-state index contributed by atoms with van der Waals surface area (Å²) in [5.74, 6) is 0.825. The molecule has 166 valence electrons. The molecular formula is C22H22BrN5O4. The van der Waals surface area contributed by atoms with Gasteiger partial charge in [-0.1, -0.05) is 39.3 Å². The van der Waals surface area contributed by atoms with E-state index in [0.29, 0.717) is 42.4 Å². The summed E-state index contributed by atoms with van der Waals surface area (Å²) < 4.78 is 6.35. The number of aromatic nitrogens is 2. The van der Waals surface area contributed by atoms with Crippen LogP contribution in [-0.4, -0.2) is 39.0 Å². The lowest BCUT2D eigenvalue weighted by Crippen LogP contribution is -2.37. The van der Waals surface area contributed by atoms with E-state index < -0.39 is 4.92 Å². The van der Waals surface area contributed by atoms with E-state index in [-0.39, 0.29) is 17.5 Å². The predicted octanol–water partition coefficient (Wildman–Crippen LogP) is 4.57. The average Bonchev–Trinajstić information content (AvgIpc) is 3.24. The Balaban J connectivity index is 1.31. The molecule has 1 fully saturated rings. The van der Waals surface area contributed by atoms with Crippen molar-refractivity contribution >= 4 is 33.2 Å². The lowest BCUT2D eigenvalue weighted by molar-refractivity contribution is -0.385. The van der Waals surface area contributed by atoms with Gasteiger partial charge in [0.2, 0.25) is 17.6 Å². The first-order valence-electron chi connectivity index (χ1n) is 10.3. The van der Waals surface area contributed by atoms with E-state index in [1.54, 1.807) is 19.1 Å². The molecule has 1 N–H and O–H groups in total. The zero-order valence-corrected chi connectivity index (χ0v) is 19.0. The maximum absolute atomic E-state index is 12.7. The molecule has 2 aromatic carbocycles. The Morgan fingerprint density at radius 3 is 2.75 bits per heavy atom. The number of piperidine rings is 1. The van der Waals surface area contributed by atoms with E-state index >= 15 is 0 Å². The van der Waals surface area contributed by atoms with Crippen LogP contribution < -0.4 is 5.32 Å². The fraction of sp³-hybridized carbons (Fsp3) is 0.318. The highest BCUT2D eigenvalue weighted by atomic mass is 79.9. The van der Waals surface area contributed by atoms with Crippen molar-refractivity contribution in [1.82, 2.24) is 15.0 Å². The van der Waals surface area contributed by atoms with Crippen LogP contribution in [-0.2, 0) is 11.3 Å². The number of carbonyl (C=O) groups is 1. The van der Waals surface area contributed by atoms with E-state index in [2.05, 4.69) is 36.3 Å². The van der Waals surface area contributed by atoms with Gasteiger partial charge in [0.1, 0.15) is 0 Å². The predicted molar refractivity (Wildman–Crippen MR) is 122 cm³/mol. The first-order valence-corrected chi connectivity index (χ1v) is 11.1. The number of nitrogens with one attached hydrogen (secondary N) is 1. The Kier molecular flexibility index (Phi) is 6.61. The summed E-state index contributed by atoms with van der Waals surface area (Å²) in [5.41, 5.74) is 1.82. The number of halogens is 1. The summed E-state index contributed by atoms with van der Waals surface area (Å²) in [5, 5.41) is 18.0. The van der Waals surface area contributed by atoms with Gasteiger partial charge in [-0.15, -0.1) is 0 Å². The molecule has 9 nitrogen and oxygen atoms in total. The van der Waals surface area contributed by atoms with Crippen LogP contribution in [0.25, 0.3) is 11.4 Å². The highest BCUT2D eigenvalue weighted by molar-refractivity contribution is 9.10. The van der Waals surface area contributed by atoms with Crippen molar-refractivity contribution in [3.05, 3.63) is 68.5 Å². The summed E-state index contributed by atoms with van der Waals surface area (Å²) in [6.07, 6.45) is 1.37. The molecule has 1 aliphatic heterocycles. The number of nitro benzene ring substituents is 1. The zero-order chi connectivity index (χ0) is 22.7. The number of likely N-dealkylation sites (tertiary alicyclic amines) is 1. The molecule has 32 heavy (non-hydrogen) atoms. The third-order valence-electron chi connectivity index (χ3n) is 5.63. The van der Waals surface area contributed by atoms with Crippen molar-refractivity contribution in [3.63, 3.8) is 0 Å². The molecule has 2 heterocycles. The number of amides is 1. The second kappa shape index (κ2) is 9.58. The average molecular weight is 500 g/mol. The standard InChI is InChI=1S/C22H22BrN5O4/c1-14-18(6-3-7-19(14)28(30)31)24-22(29)15-8-10-27(11-9-15)13-20-25-21(26-32-20)16-4-2-5-17(23)12-16/h2-7,12,15H,8-11,13H2,1H3,(H,24,29). The smallest absolute Gasteiger partial charge is 0.274 e. The van der Waals surface area contributed by atoms with Gasteiger partial charge in [-0.25, -0.2) is 0 Å². The van der Waals surface area contributed by atoms with E-state index in [0.717, 1.165) is 23.1 Å². The molecule has 0 radical (unpaired) electrons. The zero-order valence-electron chi connectivity index (χ0n) is 17.5. The lowest BCUT2D eigenvalue weighted by Gasteiger charge is -2.30. The maximum atomic E-state index is 12.7. The van der Waals surface area contributed by atoms with Crippen LogP contribution in [0.2, 0.25) is 0 Å². The molecular weight excluding hydrogens is 478 g/mol. The largest absolute Gasteiger partial charge is 0.338 e. The minimum atomic E-state index is -0.441. The minimum absolute atomic E-state index is 0.000550. The molecule has 4 rings (SSSR count). The van der Waals surface area contributed by atoms with Crippen LogP contribution in [0.15, 0.2) is 51.5 Å². The molecule has 0 bridgehead atoms. The number of benzene rings is 2. The normalized spacial score (nSPS) is 14.9. The molecule has 3 aromatic rings. The van der Waals surface area contributed by atoms with E-state index in [9.17, 15) is 14.9 Å². The summed E-state index contributed by atoms with van der Waals surface area (Å²) in [4.78, 5) is 30.0. The van der Waals surface area contributed by atoms with Gasteiger partial charge < -0.3 is 9.84 Å². The fourth-order valence-electron chi connectivity index (χ4n) is 3.80. The van der Waals surface area contributed by atoms with E-state index in [4.69, 9.17) is 4.52 Å². The van der Waals surface area contributed by atoms with Crippen LogP contribution in [0, 0.1) is 23.0 Å². The number of hydrogen-bond donors (Lipinski definition) is 1. The Morgan fingerprint density at radius 2 is 2.03 bits per heavy atom. The fourth-order valence-corrected chi connectivity index (χ4v) is 4.20. The second-order valence-corrected chi connectivity index (χ2v) is 8.68. The van der Waals surface area contributed by atoms with Crippen molar-refractivity contribution in [2.75, 3.05) is 18.4 Å². The third kappa shape index (κ3) is 5.03.